The second-order valence-corrected chi connectivity index (χ2v) is 4.94. The van der Waals surface area contributed by atoms with Gasteiger partial charge in [0.2, 0.25) is 5.88 Å². The third-order valence-corrected chi connectivity index (χ3v) is 3.21. The highest BCUT2D eigenvalue weighted by Crippen LogP contribution is 2.31. The number of rotatable bonds is 2. The van der Waals surface area contributed by atoms with Gasteiger partial charge in [-0.05, 0) is 24.3 Å². The molecule has 0 aliphatic carbocycles. The molecule has 94 valence electrons. The second-order valence-electron chi connectivity index (χ2n) is 4.02. The quantitative estimate of drug-likeness (QED) is 0.731. The van der Waals surface area contributed by atoms with Gasteiger partial charge < -0.3 is 10.5 Å². The number of halogens is 1. The van der Waals surface area contributed by atoms with Crippen LogP contribution < -0.4 is 10.5 Å². The van der Waals surface area contributed by atoms with Crippen molar-refractivity contribution in [2.45, 2.75) is 0 Å². The zero-order valence-electron chi connectivity index (χ0n) is 9.88. The van der Waals surface area contributed by atoms with Gasteiger partial charge in [0.25, 0.3) is 0 Å². The number of aromatic nitrogens is 2. The molecular formula is C14H10BrN3O. The van der Waals surface area contributed by atoms with Crippen LogP contribution in [0.3, 0.4) is 0 Å². The highest BCUT2D eigenvalue weighted by atomic mass is 79.9. The van der Waals surface area contributed by atoms with E-state index in [9.17, 15) is 0 Å². The molecule has 2 N–H and O–H groups in total. The fourth-order valence-corrected chi connectivity index (χ4v) is 2.17. The van der Waals surface area contributed by atoms with Crippen molar-refractivity contribution in [3.8, 4) is 11.6 Å². The minimum absolute atomic E-state index is 0.451. The second kappa shape index (κ2) is 4.85. The Kier molecular flexibility index (Phi) is 3.05. The molecule has 0 aliphatic heterocycles. The van der Waals surface area contributed by atoms with Crippen molar-refractivity contribution >= 4 is 32.4 Å². The molecule has 0 aliphatic rings. The van der Waals surface area contributed by atoms with Crippen molar-refractivity contribution in [3.63, 3.8) is 0 Å². The lowest BCUT2D eigenvalue weighted by molar-refractivity contribution is 0.464. The monoisotopic (exact) mass is 315 g/mol. The van der Waals surface area contributed by atoms with Crippen molar-refractivity contribution in [2.24, 2.45) is 0 Å². The minimum Gasteiger partial charge on any atom is -0.435 e. The van der Waals surface area contributed by atoms with E-state index < -0.39 is 0 Å². The van der Waals surface area contributed by atoms with Gasteiger partial charge in [0, 0.05) is 15.2 Å². The van der Waals surface area contributed by atoms with Gasteiger partial charge in [-0.1, -0.05) is 34.1 Å². The molecule has 0 fully saturated rings. The molecule has 0 amide bonds. The van der Waals surface area contributed by atoms with Crippen LogP contribution in [-0.2, 0) is 0 Å². The lowest BCUT2D eigenvalue weighted by atomic mass is 10.2. The van der Waals surface area contributed by atoms with Crippen molar-refractivity contribution in [3.05, 3.63) is 53.1 Å². The molecule has 19 heavy (non-hydrogen) atoms. The average molecular weight is 316 g/mol. The fourth-order valence-electron chi connectivity index (χ4n) is 1.79. The van der Waals surface area contributed by atoms with Gasteiger partial charge >= 0.3 is 0 Å². The maximum atomic E-state index is 5.91. The number of hydrogen-bond donors (Lipinski definition) is 1. The Hall–Kier alpha value is -2.14. The van der Waals surface area contributed by atoms with E-state index in [1.165, 1.54) is 0 Å². The zero-order valence-corrected chi connectivity index (χ0v) is 11.5. The molecule has 1 aromatic heterocycles. The Morgan fingerprint density at radius 2 is 1.95 bits per heavy atom. The summed E-state index contributed by atoms with van der Waals surface area (Å²) in [6, 6.07) is 13.2. The van der Waals surface area contributed by atoms with E-state index >= 15 is 0 Å². The Balaban J connectivity index is 2.06. The lowest BCUT2D eigenvalue weighted by Crippen LogP contribution is -1.95. The predicted molar refractivity (Wildman–Crippen MR) is 78.2 cm³/mol. The number of anilines is 1. The van der Waals surface area contributed by atoms with Crippen molar-refractivity contribution in [2.75, 3.05) is 5.73 Å². The van der Waals surface area contributed by atoms with Gasteiger partial charge in [0.15, 0.2) is 5.75 Å². The third kappa shape index (κ3) is 2.37. The van der Waals surface area contributed by atoms with Crippen LogP contribution in [0.25, 0.3) is 10.8 Å². The van der Waals surface area contributed by atoms with E-state index in [0.29, 0.717) is 17.3 Å². The van der Waals surface area contributed by atoms with Gasteiger partial charge in [-0.15, -0.1) is 5.10 Å². The summed E-state index contributed by atoms with van der Waals surface area (Å²) in [5.41, 5.74) is 6.46. The summed E-state index contributed by atoms with van der Waals surface area (Å²) in [6.07, 6.45) is 1.70. The number of hydrogen-bond acceptors (Lipinski definition) is 4. The predicted octanol–water partition coefficient (Wildman–Crippen LogP) is 3.77. The molecule has 0 unspecified atom stereocenters. The van der Waals surface area contributed by atoms with Gasteiger partial charge in [-0.2, -0.15) is 5.10 Å². The van der Waals surface area contributed by atoms with Crippen LogP contribution in [0.5, 0.6) is 11.6 Å². The van der Waals surface area contributed by atoms with Gasteiger partial charge in [-0.25, -0.2) is 0 Å². The molecule has 0 radical (unpaired) electrons. The van der Waals surface area contributed by atoms with Crippen LogP contribution in [0.2, 0.25) is 0 Å². The van der Waals surface area contributed by atoms with E-state index in [0.717, 1.165) is 15.2 Å². The third-order valence-electron chi connectivity index (χ3n) is 2.72. The topological polar surface area (TPSA) is 61.0 Å². The molecule has 2 aromatic carbocycles. The van der Waals surface area contributed by atoms with Crippen LogP contribution in [0, 0.1) is 0 Å². The SMILES string of the molecule is Nc1cc(Br)ccc1Oc1nncc2ccccc12. The maximum absolute atomic E-state index is 5.91. The number of nitrogen functional groups attached to an aromatic ring is 1. The summed E-state index contributed by atoms with van der Waals surface area (Å²) in [4.78, 5) is 0. The number of nitrogens with zero attached hydrogens (tertiary/aromatic N) is 2. The first-order chi connectivity index (χ1) is 9.24. The molecule has 3 aromatic rings. The summed E-state index contributed by atoms with van der Waals surface area (Å²) >= 11 is 3.36. The lowest BCUT2D eigenvalue weighted by Gasteiger charge is -2.09. The summed E-state index contributed by atoms with van der Waals surface area (Å²) in [6.45, 7) is 0. The van der Waals surface area contributed by atoms with Crippen molar-refractivity contribution in [1.82, 2.24) is 10.2 Å². The molecule has 0 atom stereocenters. The molecule has 1 heterocycles. The van der Waals surface area contributed by atoms with Gasteiger partial charge in [0.1, 0.15) is 0 Å². The van der Waals surface area contributed by atoms with Gasteiger partial charge in [-0.3, -0.25) is 0 Å². The van der Waals surface area contributed by atoms with E-state index in [1.54, 1.807) is 18.3 Å². The van der Waals surface area contributed by atoms with Crippen LogP contribution in [0.15, 0.2) is 53.1 Å². The molecule has 3 rings (SSSR count). The Morgan fingerprint density at radius 3 is 2.79 bits per heavy atom. The molecular weight excluding hydrogens is 306 g/mol. The zero-order chi connectivity index (χ0) is 13.2. The maximum Gasteiger partial charge on any atom is 0.246 e. The van der Waals surface area contributed by atoms with Crippen molar-refractivity contribution in [1.29, 1.82) is 0 Å². The average Bonchev–Trinajstić information content (AvgIpc) is 2.42. The standard InChI is InChI=1S/C14H10BrN3O/c15-10-5-6-13(12(16)7-10)19-14-11-4-2-1-3-9(11)8-17-18-14/h1-8H,16H2. The number of fused-ring (bicyclic) bond motifs is 1. The smallest absolute Gasteiger partial charge is 0.246 e. The Bertz CT molecular complexity index is 740. The highest BCUT2D eigenvalue weighted by Gasteiger charge is 2.08. The summed E-state index contributed by atoms with van der Waals surface area (Å²) in [7, 11) is 0. The summed E-state index contributed by atoms with van der Waals surface area (Å²) in [5, 5.41) is 9.84. The summed E-state index contributed by atoms with van der Waals surface area (Å²) in [5.74, 6) is 1.01. The number of nitrogens with two attached hydrogens (primary N) is 1. The first-order valence-electron chi connectivity index (χ1n) is 5.67. The molecule has 0 saturated carbocycles. The molecule has 0 spiro atoms. The number of benzene rings is 2. The van der Waals surface area contributed by atoms with E-state index in [4.69, 9.17) is 10.5 Å². The molecule has 0 bridgehead atoms. The normalized spacial score (nSPS) is 10.6. The number of ether oxygens (including phenoxy) is 1. The molecule has 5 heteroatoms. The van der Waals surface area contributed by atoms with Crippen LogP contribution in [-0.4, -0.2) is 10.2 Å². The van der Waals surface area contributed by atoms with Crippen LogP contribution in [0.4, 0.5) is 5.69 Å². The van der Waals surface area contributed by atoms with Crippen molar-refractivity contribution < 1.29 is 4.74 Å². The van der Waals surface area contributed by atoms with E-state index in [2.05, 4.69) is 26.1 Å². The molecule has 0 saturated heterocycles. The highest BCUT2D eigenvalue weighted by molar-refractivity contribution is 9.10. The Morgan fingerprint density at radius 1 is 1.11 bits per heavy atom. The van der Waals surface area contributed by atoms with Crippen LogP contribution >= 0.6 is 15.9 Å². The first-order valence-corrected chi connectivity index (χ1v) is 6.46. The minimum atomic E-state index is 0.451. The molecule has 4 nitrogen and oxygen atoms in total. The fraction of sp³-hybridized carbons (Fsp3) is 0. The first kappa shape index (κ1) is 11.9. The van der Waals surface area contributed by atoms with Crippen LogP contribution in [0.1, 0.15) is 0 Å². The Labute approximate surface area is 118 Å². The van der Waals surface area contributed by atoms with E-state index in [-0.39, 0.29) is 0 Å². The van der Waals surface area contributed by atoms with E-state index in [1.807, 2.05) is 30.3 Å². The summed E-state index contributed by atoms with van der Waals surface area (Å²) < 4.78 is 6.66. The van der Waals surface area contributed by atoms with Gasteiger partial charge in [0.05, 0.1) is 11.9 Å². The largest absolute Gasteiger partial charge is 0.435 e.